The van der Waals surface area contributed by atoms with Crippen molar-refractivity contribution in [1.82, 2.24) is 19.4 Å². The van der Waals surface area contributed by atoms with Gasteiger partial charge in [-0.25, -0.2) is 14.8 Å². The highest BCUT2D eigenvalue weighted by Crippen LogP contribution is 2.24. The van der Waals surface area contributed by atoms with E-state index >= 15 is 0 Å². The molecule has 0 aromatic carbocycles. The maximum atomic E-state index is 11.5. The standard InChI is InChI=1S/C12H16N4O2/c1-8(2)16-6-5-9-10(16)13-7-14-11(9)18-12(17)15(3)4/h5-8H,1-4H3. The van der Waals surface area contributed by atoms with Crippen molar-refractivity contribution in [3.8, 4) is 5.88 Å². The van der Waals surface area contributed by atoms with Crippen LogP contribution < -0.4 is 4.74 Å². The largest absolute Gasteiger partial charge is 0.416 e. The molecule has 0 radical (unpaired) electrons. The molecule has 6 heteroatoms. The monoisotopic (exact) mass is 248 g/mol. The number of amides is 1. The number of carbonyl (C=O) groups is 1. The van der Waals surface area contributed by atoms with Crippen LogP contribution in [-0.2, 0) is 0 Å². The van der Waals surface area contributed by atoms with Crippen LogP contribution in [0.2, 0.25) is 0 Å². The maximum Gasteiger partial charge on any atom is 0.416 e. The molecule has 2 heterocycles. The summed E-state index contributed by atoms with van der Waals surface area (Å²) in [5.41, 5.74) is 0.765. The highest BCUT2D eigenvalue weighted by Gasteiger charge is 2.14. The van der Waals surface area contributed by atoms with Gasteiger partial charge >= 0.3 is 6.09 Å². The molecule has 18 heavy (non-hydrogen) atoms. The van der Waals surface area contributed by atoms with Gasteiger partial charge in [0.1, 0.15) is 12.0 Å². The van der Waals surface area contributed by atoms with Gasteiger partial charge in [0.05, 0.1) is 5.39 Å². The molecule has 2 rings (SSSR count). The van der Waals surface area contributed by atoms with Gasteiger partial charge in [-0.05, 0) is 19.9 Å². The fraction of sp³-hybridized carbons (Fsp3) is 0.417. The zero-order chi connectivity index (χ0) is 13.3. The number of hydrogen-bond acceptors (Lipinski definition) is 4. The topological polar surface area (TPSA) is 60.2 Å². The number of aromatic nitrogens is 3. The van der Waals surface area contributed by atoms with Crippen molar-refractivity contribution in [3.05, 3.63) is 18.6 Å². The molecule has 2 aromatic rings. The first-order chi connectivity index (χ1) is 8.50. The third-order valence-electron chi connectivity index (χ3n) is 2.58. The van der Waals surface area contributed by atoms with E-state index < -0.39 is 6.09 Å². The first kappa shape index (κ1) is 12.3. The van der Waals surface area contributed by atoms with E-state index in [-0.39, 0.29) is 11.9 Å². The van der Waals surface area contributed by atoms with Gasteiger partial charge in [0.2, 0.25) is 5.88 Å². The second kappa shape index (κ2) is 4.64. The van der Waals surface area contributed by atoms with E-state index in [1.807, 2.05) is 16.8 Å². The van der Waals surface area contributed by atoms with Crippen molar-refractivity contribution in [2.75, 3.05) is 14.1 Å². The lowest BCUT2D eigenvalue weighted by atomic mass is 10.4. The van der Waals surface area contributed by atoms with Crippen molar-refractivity contribution in [2.45, 2.75) is 19.9 Å². The highest BCUT2D eigenvalue weighted by molar-refractivity contribution is 5.84. The minimum absolute atomic E-state index is 0.287. The first-order valence-corrected chi connectivity index (χ1v) is 5.71. The summed E-state index contributed by atoms with van der Waals surface area (Å²) in [5, 5.41) is 0.737. The number of rotatable bonds is 2. The molecule has 0 saturated carbocycles. The molecule has 6 nitrogen and oxygen atoms in total. The van der Waals surface area contributed by atoms with Gasteiger partial charge < -0.3 is 14.2 Å². The Hall–Kier alpha value is -2.11. The van der Waals surface area contributed by atoms with Crippen LogP contribution in [0.4, 0.5) is 4.79 Å². The van der Waals surface area contributed by atoms with Gasteiger partial charge in [-0.2, -0.15) is 0 Å². The van der Waals surface area contributed by atoms with E-state index in [4.69, 9.17) is 4.74 Å². The summed E-state index contributed by atoms with van der Waals surface area (Å²) < 4.78 is 7.21. The van der Waals surface area contributed by atoms with E-state index in [0.29, 0.717) is 0 Å². The highest BCUT2D eigenvalue weighted by atomic mass is 16.6. The van der Waals surface area contributed by atoms with Crippen molar-refractivity contribution in [2.24, 2.45) is 0 Å². The molecule has 96 valence electrons. The molecule has 0 spiro atoms. The molecule has 0 unspecified atom stereocenters. The number of fused-ring (bicyclic) bond motifs is 1. The average Bonchev–Trinajstić information content (AvgIpc) is 2.73. The van der Waals surface area contributed by atoms with Crippen LogP contribution in [0.5, 0.6) is 5.88 Å². The second-order valence-electron chi connectivity index (χ2n) is 4.50. The summed E-state index contributed by atoms with van der Waals surface area (Å²) in [6.45, 7) is 4.13. The third-order valence-corrected chi connectivity index (χ3v) is 2.58. The van der Waals surface area contributed by atoms with Gasteiger partial charge in [0.25, 0.3) is 0 Å². The third kappa shape index (κ3) is 2.13. The van der Waals surface area contributed by atoms with E-state index in [0.717, 1.165) is 11.0 Å². The molecule has 2 aromatic heterocycles. The fourth-order valence-corrected chi connectivity index (χ4v) is 1.62. The predicted molar refractivity (Wildman–Crippen MR) is 67.6 cm³/mol. The number of hydrogen-bond donors (Lipinski definition) is 0. The summed E-state index contributed by atoms with van der Waals surface area (Å²) in [7, 11) is 3.25. The maximum absolute atomic E-state index is 11.5. The zero-order valence-corrected chi connectivity index (χ0v) is 10.9. The lowest BCUT2D eigenvalue weighted by Crippen LogP contribution is -2.25. The van der Waals surface area contributed by atoms with Crippen LogP contribution in [0.3, 0.4) is 0 Å². The molecular weight excluding hydrogens is 232 g/mol. The van der Waals surface area contributed by atoms with Gasteiger partial charge in [-0.1, -0.05) is 0 Å². The quantitative estimate of drug-likeness (QED) is 0.816. The molecule has 0 fully saturated rings. The Kier molecular flexibility index (Phi) is 3.18. The normalized spacial score (nSPS) is 10.9. The van der Waals surface area contributed by atoms with Gasteiger partial charge in [0, 0.05) is 26.3 Å². The molecule has 0 bridgehead atoms. The van der Waals surface area contributed by atoms with Crippen molar-refractivity contribution in [3.63, 3.8) is 0 Å². The van der Waals surface area contributed by atoms with E-state index in [2.05, 4.69) is 23.8 Å². The van der Waals surface area contributed by atoms with E-state index in [9.17, 15) is 4.79 Å². The fourth-order valence-electron chi connectivity index (χ4n) is 1.62. The van der Waals surface area contributed by atoms with Crippen molar-refractivity contribution in [1.29, 1.82) is 0 Å². The van der Waals surface area contributed by atoms with Gasteiger partial charge in [-0.3, -0.25) is 0 Å². The van der Waals surface area contributed by atoms with Gasteiger partial charge in [-0.15, -0.1) is 0 Å². The molecule has 0 aliphatic carbocycles. The summed E-state index contributed by atoms with van der Waals surface area (Å²) in [6.07, 6.45) is 2.86. The lowest BCUT2D eigenvalue weighted by molar-refractivity contribution is 0.170. The van der Waals surface area contributed by atoms with Crippen LogP contribution >= 0.6 is 0 Å². The van der Waals surface area contributed by atoms with Crippen LogP contribution in [0, 0.1) is 0 Å². The van der Waals surface area contributed by atoms with Crippen LogP contribution in [0.15, 0.2) is 18.6 Å². The molecule has 0 atom stereocenters. The van der Waals surface area contributed by atoms with Gasteiger partial charge in [0.15, 0.2) is 0 Å². The summed E-state index contributed by atoms with van der Waals surface area (Å²) in [6, 6.07) is 2.14. The Morgan fingerprint density at radius 3 is 2.72 bits per heavy atom. The minimum Gasteiger partial charge on any atom is -0.390 e. The Morgan fingerprint density at radius 2 is 2.11 bits per heavy atom. The van der Waals surface area contributed by atoms with Crippen molar-refractivity contribution >= 4 is 17.1 Å². The SMILES string of the molecule is CC(C)n1ccc2c(OC(=O)N(C)C)ncnc21. The Balaban J connectivity index is 2.44. The lowest BCUT2D eigenvalue weighted by Gasteiger charge is -2.11. The minimum atomic E-state index is -0.452. The molecule has 0 N–H and O–H groups in total. The Labute approximate surface area is 105 Å². The molecule has 1 amide bonds. The zero-order valence-electron chi connectivity index (χ0n) is 10.9. The smallest absolute Gasteiger partial charge is 0.390 e. The molecule has 0 aliphatic rings. The van der Waals surface area contributed by atoms with Crippen LogP contribution in [0.1, 0.15) is 19.9 Å². The van der Waals surface area contributed by atoms with Crippen LogP contribution in [0.25, 0.3) is 11.0 Å². The molecule has 0 saturated heterocycles. The average molecular weight is 248 g/mol. The van der Waals surface area contributed by atoms with E-state index in [1.54, 1.807) is 14.1 Å². The number of carbonyl (C=O) groups excluding carboxylic acids is 1. The second-order valence-corrected chi connectivity index (χ2v) is 4.50. The molecule has 0 aliphatic heterocycles. The summed E-state index contributed by atoms with van der Waals surface area (Å²) in [4.78, 5) is 21.1. The van der Waals surface area contributed by atoms with E-state index in [1.165, 1.54) is 11.2 Å². The Morgan fingerprint density at radius 1 is 1.39 bits per heavy atom. The number of ether oxygens (including phenoxy) is 1. The Bertz CT molecular complexity index is 574. The van der Waals surface area contributed by atoms with Crippen LogP contribution in [-0.4, -0.2) is 39.6 Å². The summed E-state index contributed by atoms with van der Waals surface area (Å²) in [5.74, 6) is 0.290. The molecular formula is C12H16N4O2. The van der Waals surface area contributed by atoms with Crippen molar-refractivity contribution < 1.29 is 9.53 Å². The summed E-state index contributed by atoms with van der Waals surface area (Å²) >= 11 is 0. The first-order valence-electron chi connectivity index (χ1n) is 5.71. The number of nitrogens with zero attached hydrogens (tertiary/aromatic N) is 4. The predicted octanol–water partition coefficient (Wildman–Crippen LogP) is 2.07.